The smallest absolute Gasteiger partial charge is 0.338 e. The first-order valence-corrected chi connectivity index (χ1v) is 9.62. The number of nitrogens with zero attached hydrogens (tertiary/aromatic N) is 1. The number of anilines is 1. The van der Waals surface area contributed by atoms with E-state index in [0.717, 1.165) is 5.01 Å². The van der Waals surface area contributed by atoms with Crippen LogP contribution in [0.1, 0.15) is 28.0 Å². The summed E-state index contributed by atoms with van der Waals surface area (Å²) in [6.07, 6.45) is 0. The Morgan fingerprint density at radius 1 is 1.07 bits per heavy atom. The van der Waals surface area contributed by atoms with Crippen LogP contribution in [0.4, 0.5) is 5.69 Å². The Balaban J connectivity index is 1.48. The summed E-state index contributed by atoms with van der Waals surface area (Å²) in [7, 11) is 0. The van der Waals surface area contributed by atoms with Gasteiger partial charge in [0.2, 0.25) is 5.91 Å². The number of nitrogens with one attached hydrogen (secondary N) is 1. The molecular formula is C20H17ClN2O4S. The molecule has 3 aromatic rings. The quantitative estimate of drug-likeness (QED) is 0.565. The van der Waals surface area contributed by atoms with Crippen LogP contribution in [-0.4, -0.2) is 16.9 Å². The Morgan fingerprint density at radius 2 is 1.79 bits per heavy atom. The van der Waals surface area contributed by atoms with E-state index in [1.54, 1.807) is 48.5 Å². The molecular weight excluding hydrogens is 400 g/mol. The maximum absolute atomic E-state index is 12.1. The van der Waals surface area contributed by atoms with Crippen LogP contribution < -0.4 is 10.1 Å². The fourth-order valence-electron chi connectivity index (χ4n) is 2.27. The zero-order valence-electron chi connectivity index (χ0n) is 15.0. The van der Waals surface area contributed by atoms with Crippen molar-refractivity contribution >= 4 is 40.5 Å². The van der Waals surface area contributed by atoms with E-state index in [-0.39, 0.29) is 12.5 Å². The van der Waals surface area contributed by atoms with Crippen molar-refractivity contribution in [3.8, 4) is 5.75 Å². The summed E-state index contributed by atoms with van der Waals surface area (Å²) in [5, 5.41) is 5.89. The first-order chi connectivity index (χ1) is 13.5. The highest BCUT2D eigenvalue weighted by Gasteiger charge is 2.10. The van der Waals surface area contributed by atoms with E-state index in [4.69, 9.17) is 21.1 Å². The van der Waals surface area contributed by atoms with Crippen molar-refractivity contribution in [1.82, 2.24) is 4.98 Å². The van der Waals surface area contributed by atoms with Gasteiger partial charge in [-0.05, 0) is 48.5 Å². The molecule has 0 saturated carbocycles. The number of hydrogen-bond acceptors (Lipinski definition) is 6. The molecule has 3 rings (SSSR count). The van der Waals surface area contributed by atoms with E-state index < -0.39 is 5.97 Å². The maximum Gasteiger partial charge on any atom is 0.338 e. The molecule has 0 aliphatic heterocycles. The van der Waals surface area contributed by atoms with Crippen LogP contribution in [0.25, 0.3) is 0 Å². The number of halogens is 1. The van der Waals surface area contributed by atoms with Crippen molar-refractivity contribution in [1.29, 1.82) is 0 Å². The van der Waals surface area contributed by atoms with Crippen LogP contribution in [0.5, 0.6) is 5.75 Å². The molecule has 0 radical (unpaired) electrons. The fourth-order valence-corrected chi connectivity index (χ4v) is 3.09. The Bertz CT molecular complexity index is 955. The Kier molecular flexibility index (Phi) is 6.62. The molecule has 0 saturated heterocycles. The molecule has 8 heteroatoms. The van der Waals surface area contributed by atoms with Crippen LogP contribution >= 0.6 is 22.9 Å². The monoisotopic (exact) mass is 416 g/mol. The number of thiazole rings is 1. The lowest BCUT2D eigenvalue weighted by Gasteiger charge is -2.05. The van der Waals surface area contributed by atoms with E-state index in [0.29, 0.717) is 34.3 Å². The lowest BCUT2D eigenvalue weighted by Crippen LogP contribution is -2.08. The average Bonchev–Trinajstić information content (AvgIpc) is 3.14. The van der Waals surface area contributed by atoms with E-state index in [1.807, 2.05) is 5.38 Å². The molecule has 144 valence electrons. The van der Waals surface area contributed by atoms with E-state index in [1.165, 1.54) is 18.3 Å². The number of rotatable bonds is 7. The van der Waals surface area contributed by atoms with Crippen molar-refractivity contribution in [3.05, 3.63) is 75.2 Å². The number of esters is 1. The highest BCUT2D eigenvalue weighted by Crippen LogP contribution is 2.19. The van der Waals surface area contributed by atoms with Gasteiger partial charge in [-0.2, -0.15) is 0 Å². The molecule has 0 atom stereocenters. The van der Waals surface area contributed by atoms with Gasteiger partial charge in [0.15, 0.2) is 0 Å². The molecule has 0 aliphatic carbocycles. The predicted molar refractivity (Wildman–Crippen MR) is 108 cm³/mol. The summed E-state index contributed by atoms with van der Waals surface area (Å²) in [6, 6.07) is 13.6. The lowest BCUT2D eigenvalue weighted by atomic mass is 10.2. The third-order valence-corrected chi connectivity index (χ3v) is 4.69. The molecule has 2 aromatic carbocycles. The minimum atomic E-state index is -0.457. The number of benzene rings is 2. The van der Waals surface area contributed by atoms with Crippen molar-refractivity contribution in [2.75, 3.05) is 5.32 Å². The SMILES string of the molecule is CC(=O)Nc1ccc(C(=O)OCc2csc(COc3ccc(Cl)cc3)n2)cc1. The van der Waals surface area contributed by atoms with Gasteiger partial charge in [0, 0.05) is 23.0 Å². The zero-order chi connectivity index (χ0) is 19.9. The van der Waals surface area contributed by atoms with Gasteiger partial charge in [-0.1, -0.05) is 11.6 Å². The number of aromatic nitrogens is 1. The largest absolute Gasteiger partial charge is 0.486 e. The summed E-state index contributed by atoms with van der Waals surface area (Å²) < 4.78 is 10.9. The normalized spacial score (nSPS) is 10.4. The van der Waals surface area contributed by atoms with Crippen LogP contribution in [0.2, 0.25) is 5.02 Å². The first-order valence-electron chi connectivity index (χ1n) is 8.36. The summed E-state index contributed by atoms with van der Waals surface area (Å²) in [5.41, 5.74) is 1.67. The minimum Gasteiger partial charge on any atom is -0.486 e. The third-order valence-electron chi connectivity index (χ3n) is 3.57. The second-order valence-electron chi connectivity index (χ2n) is 5.81. The van der Waals surface area contributed by atoms with Crippen molar-refractivity contribution in [2.45, 2.75) is 20.1 Å². The van der Waals surface area contributed by atoms with Crippen LogP contribution in [0, 0.1) is 0 Å². The van der Waals surface area contributed by atoms with Gasteiger partial charge >= 0.3 is 5.97 Å². The van der Waals surface area contributed by atoms with Crippen molar-refractivity contribution in [3.63, 3.8) is 0 Å². The summed E-state index contributed by atoms with van der Waals surface area (Å²) in [5.74, 6) is 0.0753. The van der Waals surface area contributed by atoms with Gasteiger partial charge in [0.25, 0.3) is 0 Å². The Hall–Kier alpha value is -2.90. The predicted octanol–water partition coefficient (Wildman–Crippen LogP) is 4.69. The Labute approximate surface area is 171 Å². The number of hydrogen-bond donors (Lipinski definition) is 1. The molecule has 0 aliphatic rings. The van der Waals surface area contributed by atoms with E-state index in [9.17, 15) is 9.59 Å². The first kappa shape index (κ1) is 19.9. The van der Waals surface area contributed by atoms with Gasteiger partial charge in [-0.25, -0.2) is 9.78 Å². The highest BCUT2D eigenvalue weighted by molar-refractivity contribution is 7.09. The van der Waals surface area contributed by atoms with E-state index >= 15 is 0 Å². The zero-order valence-corrected chi connectivity index (χ0v) is 16.5. The standard InChI is InChI=1S/C20H17ClN2O4S/c1-13(24)22-16-6-2-14(3-7-16)20(25)27-10-17-12-28-19(23-17)11-26-18-8-4-15(21)5-9-18/h2-9,12H,10-11H2,1H3,(H,22,24). The lowest BCUT2D eigenvalue weighted by molar-refractivity contribution is -0.114. The molecule has 0 spiro atoms. The maximum atomic E-state index is 12.1. The van der Waals surface area contributed by atoms with Gasteiger partial charge in [-0.3, -0.25) is 4.79 Å². The number of carbonyl (C=O) groups is 2. The molecule has 1 heterocycles. The molecule has 0 bridgehead atoms. The highest BCUT2D eigenvalue weighted by atomic mass is 35.5. The topological polar surface area (TPSA) is 77.5 Å². The third kappa shape index (κ3) is 5.80. The number of carbonyl (C=O) groups excluding carboxylic acids is 2. The summed E-state index contributed by atoms with van der Waals surface area (Å²) in [6.45, 7) is 1.82. The Morgan fingerprint density at radius 3 is 2.46 bits per heavy atom. The molecule has 0 unspecified atom stereocenters. The number of amides is 1. The van der Waals surface area contributed by atoms with Gasteiger partial charge in [0.05, 0.1) is 11.3 Å². The molecule has 28 heavy (non-hydrogen) atoms. The summed E-state index contributed by atoms with van der Waals surface area (Å²) >= 11 is 7.27. The fraction of sp³-hybridized carbons (Fsp3) is 0.150. The molecule has 0 fully saturated rings. The van der Waals surface area contributed by atoms with Crippen molar-refractivity contribution < 1.29 is 19.1 Å². The summed E-state index contributed by atoms with van der Waals surface area (Å²) in [4.78, 5) is 27.5. The molecule has 1 amide bonds. The average molecular weight is 417 g/mol. The van der Waals surface area contributed by atoms with Crippen LogP contribution in [-0.2, 0) is 22.7 Å². The number of ether oxygens (including phenoxy) is 2. The van der Waals surface area contributed by atoms with Crippen LogP contribution in [0.15, 0.2) is 53.9 Å². The van der Waals surface area contributed by atoms with Crippen LogP contribution in [0.3, 0.4) is 0 Å². The van der Waals surface area contributed by atoms with Gasteiger partial charge in [-0.15, -0.1) is 11.3 Å². The van der Waals surface area contributed by atoms with Gasteiger partial charge < -0.3 is 14.8 Å². The molecule has 6 nitrogen and oxygen atoms in total. The second kappa shape index (κ2) is 9.34. The van der Waals surface area contributed by atoms with Gasteiger partial charge in [0.1, 0.15) is 24.0 Å². The minimum absolute atomic E-state index is 0.0731. The van der Waals surface area contributed by atoms with Crippen molar-refractivity contribution in [2.24, 2.45) is 0 Å². The molecule has 1 N–H and O–H groups in total. The molecule has 1 aromatic heterocycles. The second-order valence-corrected chi connectivity index (χ2v) is 7.19. The van der Waals surface area contributed by atoms with E-state index in [2.05, 4.69) is 10.3 Å².